The van der Waals surface area contributed by atoms with Gasteiger partial charge in [0, 0.05) is 6.20 Å². The number of hydrogen-bond donors (Lipinski definition) is 1. The summed E-state index contributed by atoms with van der Waals surface area (Å²) in [6, 6.07) is -0.601. The van der Waals surface area contributed by atoms with Crippen LogP contribution in [0.1, 0.15) is 13.8 Å². The lowest BCUT2D eigenvalue weighted by Crippen LogP contribution is -2.31. The van der Waals surface area contributed by atoms with Crippen LogP contribution >= 0.6 is 8.10 Å². The Morgan fingerprint density at radius 3 is 3.00 bits per heavy atom. The molecular formula is C8H13N3O3P+. The van der Waals surface area contributed by atoms with Gasteiger partial charge in [0.15, 0.2) is 0 Å². The monoisotopic (exact) mass is 230 g/mol. The van der Waals surface area contributed by atoms with Gasteiger partial charge in [-0.2, -0.15) is 0 Å². The van der Waals surface area contributed by atoms with E-state index in [2.05, 4.69) is 10.1 Å². The minimum Gasteiger partial charge on any atom is -0.465 e. The van der Waals surface area contributed by atoms with Crippen LogP contribution in [-0.4, -0.2) is 27.9 Å². The third-order valence-electron chi connectivity index (χ3n) is 1.64. The van der Waals surface area contributed by atoms with E-state index in [9.17, 15) is 9.36 Å². The molecule has 0 aromatic carbocycles. The number of hydrogen-bond acceptors (Lipinski definition) is 4. The zero-order chi connectivity index (χ0) is 11.3. The SMILES string of the molecule is CCOC(=O)C(C)N[P+](=O)n1ccnc1. The van der Waals surface area contributed by atoms with E-state index in [4.69, 9.17) is 4.74 Å². The Hall–Kier alpha value is -1.26. The molecule has 0 saturated carbocycles. The molecule has 0 saturated heterocycles. The zero-order valence-electron chi connectivity index (χ0n) is 8.58. The number of imidazole rings is 1. The van der Waals surface area contributed by atoms with E-state index in [1.807, 2.05) is 0 Å². The van der Waals surface area contributed by atoms with Crippen LogP contribution in [0.25, 0.3) is 0 Å². The smallest absolute Gasteiger partial charge is 0.465 e. The lowest BCUT2D eigenvalue weighted by molar-refractivity contribution is -0.144. The molecule has 0 bridgehead atoms. The van der Waals surface area contributed by atoms with Gasteiger partial charge in [-0.05, 0) is 18.4 Å². The average Bonchev–Trinajstić information content (AvgIpc) is 2.70. The molecule has 2 unspecified atom stereocenters. The number of esters is 1. The third-order valence-corrected chi connectivity index (χ3v) is 2.91. The van der Waals surface area contributed by atoms with Gasteiger partial charge in [-0.1, -0.05) is 5.09 Å². The summed E-state index contributed by atoms with van der Waals surface area (Å²) in [5.74, 6) is -0.416. The normalized spacial score (nSPS) is 13.3. The second kappa shape index (κ2) is 5.58. The van der Waals surface area contributed by atoms with Crippen molar-refractivity contribution in [3.63, 3.8) is 0 Å². The van der Waals surface area contributed by atoms with E-state index in [0.29, 0.717) is 6.61 Å². The largest absolute Gasteiger partial charge is 0.569 e. The number of aromatic nitrogens is 2. The maximum absolute atomic E-state index is 11.6. The second-order valence-electron chi connectivity index (χ2n) is 2.82. The van der Waals surface area contributed by atoms with Gasteiger partial charge in [-0.15, -0.1) is 4.34 Å². The Kier molecular flexibility index (Phi) is 4.39. The van der Waals surface area contributed by atoms with Gasteiger partial charge in [0.05, 0.1) is 12.8 Å². The van der Waals surface area contributed by atoms with Gasteiger partial charge in [0.25, 0.3) is 0 Å². The molecule has 1 rings (SSSR count). The van der Waals surface area contributed by atoms with E-state index in [-0.39, 0.29) is 0 Å². The molecule has 15 heavy (non-hydrogen) atoms. The molecule has 0 fully saturated rings. The molecule has 6 nitrogen and oxygen atoms in total. The molecule has 1 heterocycles. The first kappa shape index (κ1) is 11.8. The number of ether oxygens (including phenoxy) is 1. The predicted molar refractivity (Wildman–Crippen MR) is 54.5 cm³/mol. The van der Waals surface area contributed by atoms with Crippen LogP contribution in [0.15, 0.2) is 18.7 Å². The Balaban J connectivity index is 2.48. The van der Waals surface area contributed by atoms with Crippen molar-refractivity contribution in [1.82, 2.24) is 14.4 Å². The minimum atomic E-state index is -1.87. The average molecular weight is 230 g/mol. The molecule has 7 heteroatoms. The number of nitrogens with zero attached hydrogens (tertiary/aromatic N) is 2. The van der Waals surface area contributed by atoms with Crippen molar-refractivity contribution in [2.24, 2.45) is 0 Å². The summed E-state index contributed by atoms with van der Waals surface area (Å²) < 4.78 is 17.7. The van der Waals surface area contributed by atoms with Crippen molar-refractivity contribution in [1.29, 1.82) is 0 Å². The van der Waals surface area contributed by atoms with Gasteiger partial charge >= 0.3 is 14.1 Å². The highest BCUT2D eigenvalue weighted by molar-refractivity contribution is 7.40. The molecule has 1 aromatic heterocycles. The zero-order valence-corrected chi connectivity index (χ0v) is 9.48. The predicted octanol–water partition coefficient (Wildman–Crippen LogP) is 0.930. The first-order chi connectivity index (χ1) is 7.15. The van der Waals surface area contributed by atoms with Gasteiger partial charge in [0.2, 0.25) is 0 Å². The summed E-state index contributed by atoms with van der Waals surface area (Å²) in [5, 5.41) is 2.62. The Bertz CT molecular complexity index is 339. The van der Waals surface area contributed by atoms with E-state index in [0.717, 1.165) is 0 Å². The first-order valence-electron chi connectivity index (χ1n) is 4.53. The molecule has 2 atom stereocenters. The summed E-state index contributed by atoms with van der Waals surface area (Å²) in [6.45, 7) is 3.63. The standard InChI is InChI=1S/C8H13N3O3P/c1-3-14-8(12)7(2)10-15(13)11-5-4-9-6-11/h4-7H,3H2,1-2H3,(H,10,13)/q+1. The summed E-state index contributed by atoms with van der Waals surface area (Å²) in [6.07, 6.45) is 4.50. The fourth-order valence-corrected chi connectivity index (χ4v) is 1.82. The molecule has 1 aromatic rings. The van der Waals surface area contributed by atoms with Gasteiger partial charge in [-0.25, -0.2) is 4.98 Å². The molecule has 1 N–H and O–H groups in total. The van der Waals surface area contributed by atoms with Gasteiger partial charge in [0.1, 0.15) is 12.4 Å². The van der Waals surface area contributed by atoms with E-state index in [1.54, 1.807) is 20.0 Å². The molecule has 0 spiro atoms. The highest BCUT2D eigenvalue weighted by Crippen LogP contribution is 2.18. The number of carbonyl (C=O) groups excluding carboxylic acids is 1. The fourth-order valence-electron chi connectivity index (χ4n) is 0.912. The Morgan fingerprint density at radius 2 is 2.47 bits per heavy atom. The van der Waals surface area contributed by atoms with Crippen molar-refractivity contribution >= 4 is 14.1 Å². The molecule has 0 aliphatic rings. The maximum atomic E-state index is 11.6. The fraction of sp³-hybridized carbons (Fsp3) is 0.500. The summed E-state index contributed by atoms with van der Waals surface area (Å²) >= 11 is 0. The summed E-state index contributed by atoms with van der Waals surface area (Å²) in [5.41, 5.74) is 0. The van der Waals surface area contributed by atoms with Crippen molar-refractivity contribution < 1.29 is 14.1 Å². The van der Waals surface area contributed by atoms with Crippen LogP contribution in [0.2, 0.25) is 0 Å². The van der Waals surface area contributed by atoms with E-state index >= 15 is 0 Å². The van der Waals surface area contributed by atoms with Crippen molar-refractivity contribution in [3.05, 3.63) is 18.7 Å². The molecule has 0 aliphatic carbocycles. The van der Waals surface area contributed by atoms with Crippen LogP contribution < -0.4 is 5.09 Å². The first-order valence-corrected chi connectivity index (χ1v) is 5.74. The molecular weight excluding hydrogens is 217 g/mol. The van der Waals surface area contributed by atoms with Crippen LogP contribution in [0.4, 0.5) is 0 Å². The quantitative estimate of drug-likeness (QED) is 0.601. The van der Waals surface area contributed by atoms with Crippen LogP contribution in [0.3, 0.4) is 0 Å². The summed E-state index contributed by atoms with van der Waals surface area (Å²) in [4.78, 5) is 15.0. The molecule has 0 aliphatic heterocycles. The van der Waals surface area contributed by atoms with E-state index < -0.39 is 20.1 Å². The van der Waals surface area contributed by atoms with Crippen LogP contribution in [0, 0.1) is 0 Å². The van der Waals surface area contributed by atoms with Crippen molar-refractivity contribution in [2.45, 2.75) is 19.9 Å². The van der Waals surface area contributed by atoms with Crippen LogP contribution in [-0.2, 0) is 14.1 Å². The van der Waals surface area contributed by atoms with Crippen molar-refractivity contribution in [2.75, 3.05) is 6.61 Å². The molecule has 82 valence electrons. The van der Waals surface area contributed by atoms with E-state index in [1.165, 1.54) is 16.9 Å². The van der Waals surface area contributed by atoms with Crippen molar-refractivity contribution in [3.8, 4) is 0 Å². The maximum Gasteiger partial charge on any atom is 0.569 e. The van der Waals surface area contributed by atoms with Gasteiger partial charge in [-0.3, -0.25) is 4.79 Å². The Morgan fingerprint density at radius 1 is 1.73 bits per heavy atom. The molecule has 0 radical (unpaired) electrons. The topological polar surface area (TPSA) is 73.2 Å². The number of rotatable bonds is 5. The van der Waals surface area contributed by atoms with Crippen LogP contribution in [0.5, 0.6) is 0 Å². The number of nitrogens with one attached hydrogen (secondary N) is 1. The highest BCUT2D eigenvalue weighted by Gasteiger charge is 2.26. The second-order valence-corrected chi connectivity index (χ2v) is 4.08. The van der Waals surface area contributed by atoms with Gasteiger partial charge < -0.3 is 4.74 Å². The Labute approximate surface area is 88.5 Å². The third kappa shape index (κ3) is 3.42. The highest BCUT2D eigenvalue weighted by atomic mass is 31.1. The molecule has 0 amide bonds. The summed E-state index contributed by atoms with van der Waals surface area (Å²) in [7, 11) is -1.87. The number of carbonyl (C=O) groups is 1. The minimum absolute atomic E-state index is 0.312. The lowest BCUT2D eigenvalue weighted by atomic mass is 10.4. The lowest BCUT2D eigenvalue weighted by Gasteiger charge is -2.04.